The van der Waals surface area contributed by atoms with Crippen molar-refractivity contribution in [2.24, 2.45) is 0 Å². The molecule has 10 heteroatoms. The van der Waals surface area contributed by atoms with Crippen molar-refractivity contribution in [3.8, 4) is 0 Å². The summed E-state index contributed by atoms with van der Waals surface area (Å²) in [6.45, 7) is 4.16. The van der Waals surface area contributed by atoms with Gasteiger partial charge in [-0.1, -0.05) is 128 Å². The smallest absolute Gasteiger partial charge is 0.306 e. The van der Waals surface area contributed by atoms with Crippen molar-refractivity contribution in [1.82, 2.24) is 0 Å². The van der Waals surface area contributed by atoms with Crippen molar-refractivity contribution < 1.29 is 42.1 Å². The number of rotatable bonds is 35. The van der Waals surface area contributed by atoms with Crippen LogP contribution < -0.4 is 4.89 Å². The molecule has 0 aromatic heterocycles. The summed E-state index contributed by atoms with van der Waals surface area (Å²) in [7, 11) is 1.16. The van der Waals surface area contributed by atoms with Crippen LogP contribution >= 0.6 is 7.82 Å². The quantitative estimate of drug-likeness (QED) is 0.0210. The van der Waals surface area contributed by atoms with Gasteiger partial charge in [-0.2, -0.15) is 0 Å². The van der Waals surface area contributed by atoms with Crippen LogP contribution in [0.5, 0.6) is 0 Å². The van der Waals surface area contributed by atoms with E-state index in [2.05, 4.69) is 38.2 Å². The average Bonchev–Trinajstić information content (AvgIpc) is 3.04. The molecule has 0 amide bonds. The molecule has 0 spiro atoms. The number of quaternary nitrogens is 1. The topological polar surface area (TPSA) is 111 Å². The van der Waals surface area contributed by atoms with Gasteiger partial charge >= 0.3 is 11.9 Å². The molecule has 2 atom stereocenters. The minimum absolute atomic E-state index is 0.0323. The standard InChI is InChI=1S/C39H74NO8P/c1-6-8-10-12-14-16-18-19-20-21-22-24-26-28-30-32-39(42)48-37(36-47-49(43,44)46-34-33-40(3,4)5)35-45-38(41)31-29-27-25-23-17-15-13-11-9-7-2/h14,16,19-20,37H,6-13,15,17-18,21-36H2,1-5H3/b16-14+,20-19+/t37-/m1/s1. The van der Waals surface area contributed by atoms with Crippen LogP contribution in [-0.4, -0.2) is 70.0 Å². The number of ether oxygens (including phenoxy) is 2. The first-order valence-corrected chi connectivity index (χ1v) is 21.0. The third kappa shape index (κ3) is 36.1. The van der Waals surface area contributed by atoms with Gasteiger partial charge in [0, 0.05) is 12.8 Å². The molecule has 0 aromatic rings. The van der Waals surface area contributed by atoms with Gasteiger partial charge in [0.15, 0.2) is 6.10 Å². The normalized spacial score (nSPS) is 14.0. The van der Waals surface area contributed by atoms with E-state index in [-0.39, 0.29) is 32.0 Å². The first-order chi connectivity index (χ1) is 23.5. The molecule has 0 fully saturated rings. The van der Waals surface area contributed by atoms with Crippen LogP contribution in [0.1, 0.15) is 162 Å². The van der Waals surface area contributed by atoms with Crippen LogP contribution in [0.25, 0.3) is 0 Å². The van der Waals surface area contributed by atoms with E-state index in [1.807, 2.05) is 21.1 Å². The number of likely N-dealkylation sites (N-methyl/N-ethyl adjacent to an activating group) is 1. The second-order valence-corrected chi connectivity index (χ2v) is 15.7. The fraction of sp³-hybridized carbons (Fsp3) is 0.846. The lowest BCUT2D eigenvalue weighted by atomic mass is 10.1. The van der Waals surface area contributed by atoms with Gasteiger partial charge in [0.25, 0.3) is 7.82 Å². The molecule has 0 radical (unpaired) electrons. The number of hydrogen-bond donors (Lipinski definition) is 0. The highest BCUT2D eigenvalue weighted by atomic mass is 31.2. The number of nitrogens with zero attached hydrogens (tertiary/aromatic N) is 1. The van der Waals surface area contributed by atoms with Crippen LogP contribution in [0.15, 0.2) is 24.3 Å². The maximum Gasteiger partial charge on any atom is 0.306 e. The van der Waals surface area contributed by atoms with E-state index in [1.165, 1.54) is 70.6 Å². The Hall–Kier alpha value is -1.51. The molecule has 0 aromatic carbocycles. The third-order valence-corrected chi connectivity index (χ3v) is 9.19. The maximum atomic E-state index is 12.6. The van der Waals surface area contributed by atoms with Gasteiger partial charge in [0.1, 0.15) is 19.8 Å². The summed E-state index contributed by atoms with van der Waals surface area (Å²) in [5.41, 5.74) is 0. The molecule has 0 aliphatic rings. The fourth-order valence-electron chi connectivity index (χ4n) is 5.09. The zero-order valence-corrected chi connectivity index (χ0v) is 33.0. The largest absolute Gasteiger partial charge is 0.756 e. The van der Waals surface area contributed by atoms with Crippen molar-refractivity contribution >= 4 is 19.8 Å². The Morgan fingerprint density at radius 2 is 1.10 bits per heavy atom. The molecule has 0 saturated heterocycles. The predicted octanol–water partition coefficient (Wildman–Crippen LogP) is 9.77. The SMILES string of the molecule is CCCCC/C=C/C/C=C/CCCCCCCC(=O)O[C@H](COC(=O)CCCCCCCCCCCC)COP(=O)([O-])OCC[N+](C)(C)C. The molecule has 0 aliphatic heterocycles. The van der Waals surface area contributed by atoms with E-state index in [0.717, 1.165) is 57.8 Å². The van der Waals surface area contributed by atoms with Gasteiger partial charge in [-0.15, -0.1) is 0 Å². The molecule has 49 heavy (non-hydrogen) atoms. The zero-order chi connectivity index (χ0) is 36.5. The van der Waals surface area contributed by atoms with Gasteiger partial charge in [0.2, 0.25) is 0 Å². The Balaban J connectivity index is 4.45. The van der Waals surface area contributed by atoms with Crippen molar-refractivity contribution in [2.45, 2.75) is 168 Å². The Bertz CT molecular complexity index is 902. The summed E-state index contributed by atoms with van der Waals surface area (Å²) in [6.07, 6.45) is 32.0. The molecule has 0 bridgehead atoms. The highest BCUT2D eigenvalue weighted by Gasteiger charge is 2.21. The molecular formula is C39H74NO8P. The molecule has 9 nitrogen and oxygen atoms in total. The zero-order valence-electron chi connectivity index (χ0n) is 32.1. The Morgan fingerprint density at radius 1 is 0.633 bits per heavy atom. The Labute approximate surface area is 300 Å². The summed E-state index contributed by atoms with van der Waals surface area (Å²) in [5, 5.41) is 0. The number of phosphoric ester groups is 1. The Kier molecular flexibility index (Phi) is 31.4. The van der Waals surface area contributed by atoms with Crippen LogP contribution in [0, 0.1) is 0 Å². The van der Waals surface area contributed by atoms with Crippen LogP contribution in [-0.2, 0) is 32.7 Å². The highest BCUT2D eigenvalue weighted by molar-refractivity contribution is 7.45. The lowest BCUT2D eigenvalue weighted by Gasteiger charge is -2.28. The van der Waals surface area contributed by atoms with E-state index >= 15 is 0 Å². The second-order valence-electron chi connectivity index (χ2n) is 14.3. The molecule has 0 aliphatic carbocycles. The minimum atomic E-state index is -4.62. The summed E-state index contributed by atoms with van der Waals surface area (Å²) in [5.74, 6) is -0.851. The van der Waals surface area contributed by atoms with E-state index in [1.54, 1.807) is 0 Å². The number of unbranched alkanes of at least 4 members (excludes halogenated alkanes) is 17. The third-order valence-electron chi connectivity index (χ3n) is 8.22. The maximum absolute atomic E-state index is 12.6. The first kappa shape index (κ1) is 47.5. The van der Waals surface area contributed by atoms with E-state index in [4.69, 9.17) is 18.5 Å². The molecule has 0 heterocycles. The summed E-state index contributed by atoms with van der Waals surface area (Å²) in [4.78, 5) is 37.3. The van der Waals surface area contributed by atoms with Crippen LogP contribution in [0.3, 0.4) is 0 Å². The molecule has 0 rings (SSSR count). The fourth-order valence-corrected chi connectivity index (χ4v) is 5.82. The lowest BCUT2D eigenvalue weighted by Crippen LogP contribution is -2.37. The summed E-state index contributed by atoms with van der Waals surface area (Å²) >= 11 is 0. The van der Waals surface area contributed by atoms with Gasteiger partial charge in [0.05, 0.1) is 27.7 Å². The molecule has 1 unspecified atom stereocenters. The van der Waals surface area contributed by atoms with E-state index in [0.29, 0.717) is 17.4 Å². The van der Waals surface area contributed by atoms with Gasteiger partial charge in [-0.3, -0.25) is 14.2 Å². The van der Waals surface area contributed by atoms with E-state index < -0.39 is 26.5 Å². The molecule has 0 N–H and O–H groups in total. The second kappa shape index (κ2) is 32.4. The monoisotopic (exact) mass is 716 g/mol. The summed E-state index contributed by atoms with van der Waals surface area (Å²) < 4.78 is 33.7. The summed E-state index contributed by atoms with van der Waals surface area (Å²) in [6, 6.07) is 0. The number of carbonyl (C=O) groups excluding carboxylic acids is 2. The van der Waals surface area contributed by atoms with E-state index in [9.17, 15) is 19.0 Å². The first-order valence-electron chi connectivity index (χ1n) is 19.5. The number of phosphoric acid groups is 1. The van der Waals surface area contributed by atoms with Gasteiger partial charge in [-0.25, -0.2) is 0 Å². The number of hydrogen-bond acceptors (Lipinski definition) is 8. The van der Waals surface area contributed by atoms with Crippen molar-refractivity contribution in [2.75, 3.05) is 47.5 Å². The van der Waals surface area contributed by atoms with Crippen LogP contribution in [0.4, 0.5) is 0 Å². The molecule has 288 valence electrons. The van der Waals surface area contributed by atoms with Crippen molar-refractivity contribution in [3.05, 3.63) is 24.3 Å². The molecular weight excluding hydrogens is 641 g/mol. The number of esters is 2. The highest BCUT2D eigenvalue weighted by Crippen LogP contribution is 2.38. The van der Waals surface area contributed by atoms with Gasteiger partial charge < -0.3 is 27.9 Å². The minimum Gasteiger partial charge on any atom is -0.756 e. The predicted molar refractivity (Wildman–Crippen MR) is 199 cm³/mol. The average molecular weight is 716 g/mol. The number of allylic oxidation sites excluding steroid dienone is 4. The van der Waals surface area contributed by atoms with Crippen LogP contribution in [0.2, 0.25) is 0 Å². The van der Waals surface area contributed by atoms with Crippen molar-refractivity contribution in [1.29, 1.82) is 0 Å². The van der Waals surface area contributed by atoms with Crippen molar-refractivity contribution in [3.63, 3.8) is 0 Å². The Morgan fingerprint density at radius 3 is 1.65 bits per heavy atom. The van der Waals surface area contributed by atoms with Gasteiger partial charge in [-0.05, 0) is 44.9 Å². The lowest BCUT2D eigenvalue weighted by molar-refractivity contribution is -0.870. The number of carbonyl (C=O) groups is 2. The molecule has 0 saturated carbocycles.